The average molecular weight is 283 g/mol. The lowest BCUT2D eigenvalue weighted by Crippen LogP contribution is -2.27. The smallest absolute Gasteiger partial charge is 0.120 e. The van der Waals surface area contributed by atoms with E-state index in [1.54, 1.807) is 0 Å². The second kappa shape index (κ2) is 7.43. The zero-order valence-corrected chi connectivity index (χ0v) is 13.1. The van der Waals surface area contributed by atoms with Crippen LogP contribution in [0.4, 0.5) is 0 Å². The van der Waals surface area contributed by atoms with Crippen molar-refractivity contribution in [2.75, 3.05) is 19.7 Å². The van der Waals surface area contributed by atoms with Crippen molar-refractivity contribution in [2.24, 2.45) is 5.92 Å². The lowest BCUT2D eigenvalue weighted by molar-refractivity contribution is 0.274. The number of nitrogens with one attached hydrogen (secondary N) is 1. The molecule has 1 aromatic carbocycles. The summed E-state index contributed by atoms with van der Waals surface area (Å²) in [7, 11) is 5.44. The first-order valence-electron chi connectivity index (χ1n) is 6.73. The molecule has 0 radical (unpaired) electrons. The van der Waals surface area contributed by atoms with Gasteiger partial charge in [-0.25, -0.2) is 0 Å². The van der Waals surface area contributed by atoms with E-state index in [1.165, 1.54) is 43.0 Å². The molecule has 1 fully saturated rings. The Bertz CT molecular complexity index is 358. The minimum absolute atomic E-state index is 0.835. The third kappa shape index (κ3) is 4.84. The maximum absolute atomic E-state index is 5.82. The third-order valence-corrected chi connectivity index (χ3v) is 4.10. The van der Waals surface area contributed by atoms with Gasteiger partial charge in [-0.15, -0.1) is 18.5 Å². The van der Waals surface area contributed by atoms with E-state index in [-0.39, 0.29) is 0 Å². The lowest BCUT2D eigenvalue weighted by atomic mass is 9.93. The summed E-state index contributed by atoms with van der Waals surface area (Å²) >= 11 is 0. The normalized spacial score (nSPS) is 16.8. The maximum Gasteiger partial charge on any atom is 0.120 e. The van der Waals surface area contributed by atoms with Gasteiger partial charge >= 0.3 is 0 Å². The van der Waals surface area contributed by atoms with Crippen molar-refractivity contribution in [1.29, 1.82) is 0 Å². The van der Waals surface area contributed by atoms with E-state index >= 15 is 0 Å². The molecule has 1 aliphatic heterocycles. The topological polar surface area (TPSA) is 21.3 Å². The van der Waals surface area contributed by atoms with Gasteiger partial charge in [0.1, 0.15) is 5.75 Å². The second-order valence-corrected chi connectivity index (χ2v) is 6.35. The van der Waals surface area contributed by atoms with Crippen LogP contribution in [-0.2, 0) is 0 Å². The van der Waals surface area contributed by atoms with Crippen LogP contribution in [0.5, 0.6) is 5.75 Å². The summed E-state index contributed by atoms with van der Waals surface area (Å²) in [6.07, 6.45) is 5.13. The fourth-order valence-corrected chi connectivity index (χ4v) is 3.37. The van der Waals surface area contributed by atoms with Gasteiger partial charge in [0.2, 0.25) is 0 Å². The summed E-state index contributed by atoms with van der Waals surface area (Å²) in [6, 6.07) is 6.25. The fraction of sp³-hybridized carbons (Fsp3) is 0.571. The molecular formula is C14H23NOP2. The molecule has 1 heterocycles. The van der Waals surface area contributed by atoms with Crippen LogP contribution in [0.2, 0.25) is 0 Å². The standard InChI is InChI=1S/C14H23NOP2/c17-13-8-12(9-14(18)10-13)16-7-1-2-11-3-5-15-6-4-11/h8-11,15H,1-7,17-18H2. The van der Waals surface area contributed by atoms with E-state index in [0.29, 0.717) is 0 Å². The summed E-state index contributed by atoms with van der Waals surface area (Å²) in [6.45, 7) is 3.22. The predicted molar refractivity (Wildman–Crippen MR) is 85.5 cm³/mol. The Morgan fingerprint density at radius 1 is 1.11 bits per heavy atom. The number of piperidine rings is 1. The molecule has 0 spiro atoms. The third-order valence-electron chi connectivity index (χ3n) is 3.44. The molecule has 0 aliphatic carbocycles. The molecule has 2 rings (SSSR count). The highest BCUT2D eigenvalue weighted by atomic mass is 31.0. The van der Waals surface area contributed by atoms with Crippen LogP contribution in [0.25, 0.3) is 0 Å². The Labute approximate surface area is 115 Å². The van der Waals surface area contributed by atoms with Gasteiger partial charge in [0.05, 0.1) is 6.61 Å². The van der Waals surface area contributed by atoms with Crippen molar-refractivity contribution < 1.29 is 4.74 Å². The largest absolute Gasteiger partial charge is 0.494 e. The summed E-state index contributed by atoms with van der Waals surface area (Å²) < 4.78 is 5.82. The molecule has 1 saturated heterocycles. The predicted octanol–water partition coefficient (Wildman–Crippen LogP) is 1.85. The van der Waals surface area contributed by atoms with Crippen molar-refractivity contribution >= 4 is 29.1 Å². The van der Waals surface area contributed by atoms with Crippen LogP contribution in [-0.4, -0.2) is 19.7 Å². The number of hydrogen-bond donors (Lipinski definition) is 1. The minimum atomic E-state index is 0.835. The van der Waals surface area contributed by atoms with Gasteiger partial charge in [-0.3, -0.25) is 0 Å². The minimum Gasteiger partial charge on any atom is -0.494 e. The van der Waals surface area contributed by atoms with Crippen LogP contribution in [0.3, 0.4) is 0 Å². The maximum atomic E-state index is 5.82. The van der Waals surface area contributed by atoms with Crippen molar-refractivity contribution in [3.05, 3.63) is 18.2 Å². The van der Waals surface area contributed by atoms with Crippen molar-refractivity contribution in [3.8, 4) is 5.75 Å². The molecule has 0 bridgehead atoms. The van der Waals surface area contributed by atoms with Gasteiger partial charge in [-0.1, -0.05) is 0 Å². The van der Waals surface area contributed by atoms with Crippen molar-refractivity contribution in [3.63, 3.8) is 0 Å². The molecule has 0 amide bonds. The zero-order chi connectivity index (χ0) is 12.8. The molecule has 1 aliphatic rings. The van der Waals surface area contributed by atoms with Gasteiger partial charge in [0, 0.05) is 0 Å². The summed E-state index contributed by atoms with van der Waals surface area (Å²) in [5.74, 6) is 1.89. The average Bonchev–Trinajstić information content (AvgIpc) is 2.35. The number of rotatable bonds is 5. The fourth-order valence-electron chi connectivity index (χ4n) is 2.46. The molecule has 1 aromatic rings. The molecule has 0 aromatic heterocycles. The van der Waals surface area contributed by atoms with Gasteiger partial charge in [0.15, 0.2) is 0 Å². The van der Waals surface area contributed by atoms with E-state index in [4.69, 9.17) is 4.74 Å². The molecule has 0 saturated carbocycles. The molecule has 2 atom stereocenters. The molecule has 18 heavy (non-hydrogen) atoms. The molecule has 4 heteroatoms. The second-order valence-electron chi connectivity index (χ2n) is 5.02. The van der Waals surface area contributed by atoms with Crippen LogP contribution >= 0.6 is 18.5 Å². The Morgan fingerprint density at radius 2 is 1.78 bits per heavy atom. The lowest BCUT2D eigenvalue weighted by Gasteiger charge is -2.22. The van der Waals surface area contributed by atoms with Crippen LogP contribution < -0.4 is 20.7 Å². The van der Waals surface area contributed by atoms with Crippen molar-refractivity contribution in [2.45, 2.75) is 25.7 Å². The van der Waals surface area contributed by atoms with Gasteiger partial charge in [0.25, 0.3) is 0 Å². The van der Waals surface area contributed by atoms with E-state index in [0.717, 1.165) is 24.7 Å². The zero-order valence-electron chi connectivity index (χ0n) is 10.8. The monoisotopic (exact) mass is 283 g/mol. The Balaban J connectivity index is 1.68. The highest BCUT2D eigenvalue weighted by Crippen LogP contribution is 2.18. The van der Waals surface area contributed by atoms with Gasteiger partial charge in [-0.2, -0.15) is 0 Å². The molecular weight excluding hydrogens is 260 g/mol. The van der Waals surface area contributed by atoms with E-state index in [9.17, 15) is 0 Å². The van der Waals surface area contributed by atoms with Gasteiger partial charge in [-0.05, 0) is 73.5 Å². The molecule has 1 N–H and O–H groups in total. The number of hydrogen-bond acceptors (Lipinski definition) is 2. The highest BCUT2D eigenvalue weighted by molar-refractivity contribution is 7.29. The summed E-state index contributed by atoms with van der Waals surface area (Å²) in [5, 5.41) is 5.76. The Kier molecular flexibility index (Phi) is 5.89. The Morgan fingerprint density at radius 3 is 2.44 bits per heavy atom. The van der Waals surface area contributed by atoms with Crippen LogP contribution in [0.15, 0.2) is 18.2 Å². The molecule has 2 unspecified atom stereocenters. The Hall–Kier alpha value is -0.160. The first-order valence-corrected chi connectivity index (χ1v) is 7.89. The SMILES string of the molecule is Pc1cc(P)cc(OCCCC2CCNCC2)c1. The number of ether oxygens (including phenoxy) is 1. The summed E-state index contributed by atoms with van der Waals surface area (Å²) in [5.41, 5.74) is 0. The van der Waals surface area contributed by atoms with Crippen molar-refractivity contribution in [1.82, 2.24) is 5.32 Å². The van der Waals surface area contributed by atoms with E-state index < -0.39 is 0 Å². The highest BCUT2D eigenvalue weighted by Gasteiger charge is 2.12. The number of benzene rings is 1. The van der Waals surface area contributed by atoms with E-state index in [2.05, 4.69) is 42.0 Å². The summed E-state index contributed by atoms with van der Waals surface area (Å²) in [4.78, 5) is 0. The quantitative estimate of drug-likeness (QED) is 0.658. The van der Waals surface area contributed by atoms with E-state index in [1.807, 2.05) is 0 Å². The first-order chi connectivity index (χ1) is 8.74. The molecule has 100 valence electrons. The first kappa shape index (κ1) is 14.3. The van der Waals surface area contributed by atoms with Gasteiger partial charge < -0.3 is 10.1 Å². The molecule has 2 nitrogen and oxygen atoms in total. The van der Waals surface area contributed by atoms with Crippen LogP contribution in [0.1, 0.15) is 25.7 Å². The van der Waals surface area contributed by atoms with Crippen LogP contribution in [0, 0.1) is 5.92 Å².